The van der Waals surface area contributed by atoms with Crippen LogP contribution in [-0.2, 0) is 19.0 Å². The molecule has 1 aliphatic rings. The summed E-state index contributed by atoms with van der Waals surface area (Å²) in [5.74, 6) is -2.72. The van der Waals surface area contributed by atoms with Gasteiger partial charge in [-0.3, -0.25) is 4.79 Å². The second kappa shape index (κ2) is 7.50. The molecule has 10 heteroatoms. The predicted octanol–water partition coefficient (Wildman–Crippen LogP) is 5.70. The number of alkyl halides is 3. The Morgan fingerprint density at radius 1 is 1.13 bits per heavy atom. The van der Waals surface area contributed by atoms with Crippen molar-refractivity contribution in [2.75, 3.05) is 11.1 Å². The van der Waals surface area contributed by atoms with Crippen molar-refractivity contribution >= 4 is 38.8 Å². The van der Waals surface area contributed by atoms with E-state index in [9.17, 15) is 26.7 Å². The number of nitrogens with two attached hydrogens (primary N) is 1. The van der Waals surface area contributed by atoms with Crippen molar-refractivity contribution in [3.05, 3.63) is 51.5 Å². The molecule has 1 aromatic carbocycles. The van der Waals surface area contributed by atoms with E-state index in [0.717, 1.165) is 36.3 Å². The molecular weight excluding hydrogens is 425 g/mol. The Hall–Kier alpha value is -2.75. The average molecular weight is 441 g/mol. The lowest BCUT2D eigenvalue weighted by Crippen LogP contribution is -2.15. The predicted molar refractivity (Wildman–Crippen MR) is 105 cm³/mol. The number of hydrogen-bond acceptors (Lipinski definition) is 4. The van der Waals surface area contributed by atoms with Crippen LogP contribution in [0.5, 0.6) is 0 Å². The number of amides is 1. The summed E-state index contributed by atoms with van der Waals surface area (Å²) in [5, 5.41) is 1.94. The molecule has 0 atom stereocenters. The molecule has 1 amide bonds. The molecule has 30 heavy (non-hydrogen) atoms. The van der Waals surface area contributed by atoms with Gasteiger partial charge in [0.2, 0.25) is 0 Å². The van der Waals surface area contributed by atoms with Crippen LogP contribution in [0, 0.1) is 11.6 Å². The van der Waals surface area contributed by atoms with Gasteiger partial charge in [-0.1, -0.05) is 6.42 Å². The highest BCUT2D eigenvalue weighted by Gasteiger charge is 2.39. The SMILES string of the molecule is Nc1c(C(=O)Nc2ccc(F)cc2F)sc2nc3c(c(C(F)(F)F)c12)CCCCC3. The van der Waals surface area contributed by atoms with Crippen molar-refractivity contribution in [3.63, 3.8) is 0 Å². The number of hydrogen-bond donors (Lipinski definition) is 2. The molecule has 0 saturated carbocycles. The largest absolute Gasteiger partial charge is 0.417 e. The summed E-state index contributed by atoms with van der Waals surface area (Å²) in [6, 6.07) is 2.56. The van der Waals surface area contributed by atoms with Crippen molar-refractivity contribution in [1.82, 2.24) is 4.98 Å². The Bertz CT molecular complexity index is 1160. The third kappa shape index (κ3) is 3.60. The number of nitrogen functional groups attached to an aromatic ring is 1. The third-order valence-corrected chi connectivity index (χ3v) is 6.17. The van der Waals surface area contributed by atoms with E-state index >= 15 is 0 Å². The number of benzene rings is 1. The summed E-state index contributed by atoms with van der Waals surface area (Å²) >= 11 is 0.725. The average Bonchev–Trinajstić information content (AvgIpc) is 2.84. The molecule has 0 bridgehead atoms. The fraction of sp³-hybridized carbons (Fsp3) is 0.300. The number of carbonyl (C=O) groups excluding carboxylic acids is 1. The Balaban J connectivity index is 1.85. The quantitative estimate of drug-likeness (QED) is 0.396. The van der Waals surface area contributed by atoms with Gasteiger partial charge >= 0.3 is 6.18 Å². The molecule has 0 radical (unpaired) electrons. The van der Waals surface area contributed by atoms with Gasteiger partial charge in [0.25, 0.3) is 5.91 Å². The summed E-state index contributed by atoms with van der Waals surface area (Å²) in [7, 11) is 0. The maximum atomic E-state index is 14.0. The minimum Gasteiger partial charge on any atom is -0.397 e. The molecule has 3 aromatic rings. The Labute approximate surface area is 171 Å². The van der Waals surface area contributed by atoms with Gasteiger partial charge in [-0.05, 0) is 43.4 Å². The van der Waals surface area contributed by atoms with E-state index in [0.29, 0.717) is 24.6 Å². The lowest BCUT2D eigenvalue weighted by Gasteiger charge is -2.16. The van der Waals surface area contributed by atoms with E-state index in [-0.39, 0.29) is 38.5 Å². The number of aryl methyl sites for hydroxylation is 1. The topological polar surface area (TPSA) is 68.0 Å². The van der Waals surface area contributed by atoms with E-state index in [2.05, 4.69) is 10.3 Å². The molecule has 2 aromatic heterocycles. The van der Waals surface area contributed by atoms with Crippen LogP contribution in [0.2, 0.25) is 0 Å². The van der Waals surface area contributed by atoms with Crippen molar-refractivity contribution in [2.24, 2.45) is 0 Å². The van der Waals surface area contributed by atoms with Gasteiger partial charge in [-0.15, -0.1) is 11.3 Å². The Morgan fingerprint density at radius 3 is 2.57 bits per heavy atom. The smallest absolute Gasteiger partial charge is 0.397 e. The van der Waals surface area contributed by atoms with Crippen LogP contribution in [0.15, 0.2) is 18.2 Å². The number of nitrogens with one attached hydrogen (secondary N) is 1. The minimum atomic E-state index is -4.67. The van der Waals surface area contributed by atoms with Gasteiger partial charge < -0.3 is 11.1 Å². The van der Waals surface area contributed by atoms with Crippen LogP contribution in [0.1, 0.15) is 45.8 Å². The number of thiophene rings is 1. The Morgan fingerprint density at radius 2 is 1.87 bits per heavy atom. The number of carbonyl (C=O) groups is 1. The zero-order valence-corrected chi connectivity index (χ0v) is 16.3. The molecule has 1 aliphatic carbocycles. The first-order valence-electron chi connectivity index (χ1n) is 9.24. The van der Waals surface area contributed by atoms with Gasteiger partial charge in [-0.25, -0.2) is 13.8 Å². The Kier molecular flexibility index (Phi) is 5.13. The first-order chi connectivity index (χ1) is 14.2. The van der Waals surface area contributed by atoms with Gasteiger partial charge in [0.1, 0.15) is 21.3 Å². The fourth-order valence-electron chi connectivity index (χ4n) is 3.74. The van der Waals surface area contributed by atoms with Crippen molar-refractivity contribution < 1.29 is 26.7 Å². The van der Waals surface area contributed by atoms with E-state index < -0.39 is 29.3 Å². The lowest BCUT2D eigenvalue weighted by molar-refractivity contribution is -0.136. The zero-order chi connectivity index (χ0) is 21.6. The molecule has 0 aliphatic heterocycles. The number of anilines is 2. The van der Waals surface area contributed by atoms with Gasteiger partial charge in [-0.2, -0.15) is 13.2 Å². The molecule has 3 N–H and O–H groups in total. The van der Waals surface area contributed by atoms with E-state index in [1.807, 2.05) is 0 Å². The molecule has 0 spiro atoms. The van der Waals surface area contributed by atoms with Crippen LogP contribution in [0.4, 0.5) is 33.3 Å². The highest BCUT2D eigenvalue weighted by molar-refractivity contribution is 7.21. The number of nitrogens with zero attached hydrogens (tertiary/aromatic N) is 1. The first kappa shape index (κ1) is 20.5. The second-order valence-electron chi connectivity index (χ2n) is 7.07. The molecule has 4 rings (SSSR count). The monoisotopic (exact) mass is 441 g/mol. The highest BCUT2D eigenvalue weighted by atomic mass is 32.1. The van der Waals surface area contributed by atoms with Crippen LogP contribution >= 0.6 is 11.3 Å². The number of rotatable bonds is 2. The van der Waals surface area contributed by atoms with Crippen molar-refractivity contribution in [1.29, 1.82) is 0 Å². The summed E-state index contributed by atoms with van der Waals surface area (Å²) in [6.45, 7) is 0. The van der Waals surface area contributed by atoms with Crippen molar-refractivity contribution in [3.8, 4) is 0 Å². The van der Waals surface area contributed by atoms with E-state index in [4.69, 9.17) is 5.73 Å². The zero-order valence-electron chi connectivity index (χ0n) is 15.5. The maximum absolute atomic E-state index is 14.0. The standard InChI is InChI=1S/C20H16F5N3OS/c21-9-6-7-13(11(22)8-9)27-18(29)17-16(26)14-15(20(23,24)25)10-4-2-1-3-5-12(10)28-19(14)30-17/h6-8H,1-5,26H2,(H,27,29). The minimum absolute atomic E-state index is 0.0187. The van der Waals surface area contributed by atoms with Gasteiger partial charge in [0.05, 0.1) is 16.9 Å². The van der Waals surface area contributed by atoms with Crippen LogP contribution in [0.25, 0.3) is 10.2 Å². The fourth-order valence-corrected chi connectivity index (χ4v) is 4.75. The molecule has 158 valence electrons. The molecule has 4 nitrogen and oxygen atoms in total. The third-order valence-electron chi connectivity index (χ3n) is 5.07. The first-order valence-corrected chi connectivity index (χ1v) is 10.1. The highest BCUT2D eigenvalue weighted by Crippen LogP contribution is 2.45. The number of aromatic nitrogens is 1. The van der Waals surface area contributed by atoms with Crippen LogP contribution < -0.4 is 11.1 Å². The number of fused-ring (bicyclic) bond motifs is 2. The summed E-state index contributed by atoms with van der Waals surface area (Å²) in [5.41, 5.74) is 5.00. The lowest BCUT2D eigenvalue weighted by atomic mass is 9.98. The molecule has 0 unspecified atom stereocenters. The van der Waals surface area contributed by atoms with Gasteiger partial charge in [0, 0.05) is 17.1 Å². The van der Waals surface area contributed by atoms with Crippen LogP contribution in [0.3, 0.4) is 0 Å². The van der Waals surface area contributed by atoms with Gasteiger partial charge in [0.15, 0.2) is 0 Å². The second-order valence-corrected chi connectivity index (χ2v) is 8.07. The summed E-state index contributed by atoms with van der Waals surface area (Å²) < 4.78 is 68.9. The molecule has 0 saturated heterocycles. The maximum Gasteiger partial charge on any atom is 0.417 e. The van der Waals surface area contributed by atoms with Crippen molar-refractivity contribution in [2.45, 2.75) is 38.3 Å². The molecule has 0 fully saturated rings. The summed E-state index contributed by atoms with van der Waals surface area (Å²) in [6.07, 6.45) is -1.83. The van der Waals surface area contributed by atoms with E-state index in [1.165, 1.54) is 0 Å². The summed E-state index contributed by atoms with van der Waals surface area (Å²) in [4.78, 5) is 16.8. The van der Waals surface area contributed by atoms with Crippen LogP contribution in [-0.4, -0.2) is 10.9 Å². The van der Waals surface area contributed by atoms with E-state index in [1.54, 1.807) is 0 Å². The number of pyridine rings is 1. The molecular formula is C20H16F5N3OS. The molecule has 2 heterocycles. The number of halogens is 5. The normalized spacial score (nSPS) is 14.4.